The highest BCUT2D eigenvalue weighted by Gasteiger charge is 2.22. The van der Waals surface area contributed by atoms with Crippen LogP contribution in [0.4, 0.5) is 5.69 Å². The summed E-state index contributed by atoms with van der Waals surface area (Å²) in [5, 5.41) is 3.47. The molecule has 154 valence electrons. The fraction of sp³-hybridized carbons (Fsp3) is 0.143. The summed E-state index contributed by atoms with van der Waals surface area (Å²) in [6, 6.07) is 12.3. The summed E-state index contributed by atoms with van der Waals surface area (Å²) >= 11 is 7.32. The van der Waals surface area contributed by atoms with Gasteiger partial charge in [-0.25, -0.2) is 4.98 Å². The van der Waals surface area contributed by atoms with Gasteiger partial charge in [0.25, 0.3) is 0 Å². The van der Waals surface area contributed by atoms with E-state index >= 15 is 0 Å². The standard InChI is InChI=1S/C21H18ClN3O4S/c1-12(20(26)23-14-11-13(22)7-8-15(14)27-2)30-21-24-18(16-5-3-9-28-16)19(25-21)17-6-4-10-29-17/h3-12H,1-2H3,(H,23,26)(H,24,25). The van der Waals surface area contributed by atoms with Gasteiger partial charge in [-0.2, -0.15) is 0 Å². The maximum Gasteiger partial charge on any atom is 0.237 e. The molecule has 1 atom stereocenters. The Bertz CT molecular complexity index is 1090. The average Bonchev–Trinajstić information content (AvgIpc) is 3.48. The highest BCUT2D eigenvalue weighted by atomic mass is 35.5. The topological polar surface area (TPSA) is 93.3 Å². The number of aromatic nitrogens is 2. The minimum absolute atomic E-state index is 0.212. The van der Waals surface area contributed by atoms with E-state index in [2.05, 4.69) is 15.3 Å². The molecule has 30 heavy (non-hydrogen) atoms. The molecular formula is C21H18ClN3O4S. The van der Waals surface area contributed by atoms with Gasteiger partial charge in [0.2, 0.25) is 5.91 Å². The van der Waals surface area contributed by atoms with E-state index in [1.165, 1.54) is 18.9 Å². The zero-order valence-corrected chi connectivity index (χ0v) is 17.7. The second-order valence-corrected chi connectivity index (χ2v) is 8.08. The highest BCUT2D eigenvalue weighted by Crippen LogP contribution is 2.35. The zero-order valence-electron chi connectivity index (χ0n) is 16.1. The van der Waals surface area contributed by atoms with E-state index in [0.717, 1.165) is 0 Å². The predicted molar refractivity (Wildman–Crippen MR) is 116 cm³/mol. The van der Waals surface area contributed by atoms with Crippen LogP contribution in [0.25, 0.3) is 22.9 Å². The van der Waals surface area contributed by atoms with Crippen LogP contribution in [0.15, 0.2) is 69.0 Å². The number of halogens is 1. The van der Waals surface area contributed by atoms with Gasteiger partial charge in [-0.3, -0.25) is 4.79 Å². The van der Waals surface area contributed by atoms with Gasteiger partial charge in [0, 0.05) is 5.02 Å². The summed E-state index contributed by atoms with van der Waals surface area (Å²) in [5.74, 6) is 1.55. The van der Waals surface area contributed by atoms with Crippen LogP contribution in [-0.4, -0.2) is 28.2 Å². The van der Waals surface area contributed by atoms with Gasteiger partial charge in [-0.15, -0.1) is 0 Å². The number of nitrogens with zero attached hydrogens (tertiary/aromatic N) is 1. The van der Waals surface area contributed by atoms with Crippen molar-refractivity contribution in [1.29, 1.82) is 0 Å². The van der Waals surface area contributed by atoms with Crippen molar-refractivity contribution in [2.75, 3.05) is 12.4 Å². The molecule has 4 rings (SSSR count). The molecule has 0 aliphatic heterocycles. The molecule has 4 aromatic rings. The van der Waals surface area contributed by atoms with Crippen LogP contribution >= 0.6 is 23.4 Å². The Morgan fingerprint density at radius 2 is 1.93 bits per heavy atom. The Morgan fingerprint density at radius 1 is 1.20 bits per heavy atom. The fourth-order valence-electron chi connectivity index (χ4n) is 2.83. The van der Waals surface area contributed by atoms with E-state index in [1.807, 2.05) is 12.1 Å². The lowest BCUT2D eigenvalue weighted by Crippen LogP contribution is -2.22. The van der Waals surface area contributed by atoms with Crippen LogP contribution in [-0.2, 0) is 4.79 Å². The number of hydrogen-bond acceptors (Lipinski definition) is 6. The number of furan rings is 2. The first-order valence-electron chi connectivity index (χ1n) is 9.04. The Morgan fingerprint density at radius 3 is 2.60 bits per heavy atom. The molecule has 0 radical (unpaired) electrons. The number of carbonyl (C=O) groups is 1. The summed E-state index contributed by atoms with van der Waals surface area (Å²) < 4.78 is 16.3. The summed E-state index contributed by atoms with van der Waals surface area (Å²) in [6.45, 7) is 1.79. The van der Waals surface area contributed by atoms with Crippen LogP contribution in [0.3, 0.4) is 0 Å². The highest BCUT2D eigenvalue weighted by molar-refractivity contribution is 8.00. The van der Waals surface area contributed by atoms with E-state index in [9.17, 15) is 4.79 Å². The van der Waals surface area contributed by atoms with Gasteiger partial charge in [-0.1, -0.05) is 23.4 Å². The maximum atomic E-state index is 12.7. The molecule has 3 heterocycles. The third-order valence-corrected chi connectivity index (χ3v) is 5.50. The van der Waals surface area contributed by atoms with Crippen LogP contribution in [0, 0.1) is 0 Å². The van der Waals surface area contributed by atoms with Crippen LogP contribution in [0.1, 0.15) is 6.92 Å². The zero-order chi connectivity index (χ0) is 21.1. The number of rotatable bonds is 7. The molecule has 3 aromatic heterocycles. The number of carbonyl (C=O) groups excluding carboxylic acids is 1. The van der Waals surface area contributed by atoms with Crippen LogP contribution < -0.4 is 10.1 Å². The quantitative estimate of drug-likeness (QED) is 0.355. The predicted octanol–water partition coefficient (Wildman–Crippen LogP) is 5.71. The summed E-state index contributed by atoms with van der Waals surface area (Å²) in [6.07, 6.45) is 3.17. The minimum atomic E-state index is -0.450. The Hall–Kier alpha value is -3.10. The Labute approximate surface area is 181 Å². The largest absolute Gasteiger partial charge is 0.495 e. The fourth-order valence-corrected chi connectivity index (χ4v) is 3.81. The number of anilines is 1. The number of H-pyrrole nitrogens is 1. The van der Waals surface area contributed by atoms with Crippen LogP contribution in [0.2, 0.25) is 5.02 Å². The van der Waals surface area contributed by atoms with E-state index in [1.54, 1.807) is 49.8 Å². The first kappa shape index (κ1) is 20.2. The lowest BCUT2D eigenvalue weighted by atomic mass is 10.2. The van der Waals surface area contributed by atoms with Crippen molar-refractivity contribution < 1.29 is 18.4 Å². The smallest absolute Gasteiger partial charge is 0.237 e. The molecule has 0 aliphatic carbocycles. The Balaban J connectivity index is 1.55. The number of hydrogen-bond donors (Lipinski definition) is 2. The summed E-state index contributed by atoms with van der Waals surface area (Å²) in [4.78, 5) is 20.6. The first-order chi connectivity index (χ1) is 14.5. The molecule has 0 bridgehead atoms. The molecule has 0 saturated carbocycles. The van der Waals surface area contributed by atoms with Gasteiger partial charge in [-0.05, 0) is 49.4 Å². The summed E-state index contributed by atoms with van der Waals surface area (Å²) in [5.41, 5.74) is 1.80. The SMILES string of the molecule is COc1ccc(Cl)cc1NC(=O)C(C)Sc1nc(-c2ccco2)c(-c2ccco2)[nH]1. The number of ether oxygens (including phenoxy) is 1. The lowest BCUT2D eigenvalue weighted by Gasteiger charge is -2.13. The number of aromatic amines is 1. The third kappa shape index (κ3) is 4.24. The minimum Gasteiger partial charge on any atom is -0.495 e. The number of benzene rings is 1. The van der Waals surface area contributed by atoms with Gasteiger partial charge >= 0.3 is 0 Å². The molecule has 1 amide bonds. The Kier molecular flexibility index (Phi) is 5.87. The van der Waals surface area contributed by atoms with Crippen molar-refractivity contribution in [2.45, 2.75) is 17.3 Å². The van der Waals surface area contributed by atoms with Gasteiger partial charge in [0.05, 0.1) is 30.6 Å². The lowest BCUT2D eigenvalue weighted by molar-refractivity contribution is -0.115. The maximum absolute atomic E-state index is 12.7. The monoisotopic (exact) mass is 443 g/mol. The molecule has 0 spiro atoms. The first-order valence-corrected chi connectivity index (χ1v) is 10.3. The van der Waals surface area contributed by atoms with Crippen molar-refractivity contribution >= 4 is 35.0 Å². The second kappa shape index (κ2) is 8.73. The molecule has 7 nitrogen and oxygen atoms in total. The van der Waals surface area contributed by atoms with E-state index in [-0.39, 0.29) is 5.91 Å². The van der Waals surface area contributed by atoms with E-state index < -0.39 is 5.25 Å². The number of methoxy groups -OCH3 is 1. The summed E-state index contributed by atoms with van der Waals surface area (Å²) in [7, 11) is 1.53. The molecular weight excluding hydrogens is 426 g/mol. The number of imidazole rings is 1. The van der Waals surface area contributed by atoms with Gasteiger partial charge in [0.1, 0.15) is 17.1 Å². The molecule has 1 unspecified atom stereocenters. The molecule has 0 aliphatic rings. The molecule has 2 N–H and O–H groups in total. The number of amides is 1. The van der Waals surface area contributed by atoms with Crippen molar-refractivity contribution in [1.82, 2.24) is 9.97 Å². The van der Waals surface area contributed by atoms with Crippen molar-refractivity contribution in [3.8, 4) is 28.7 Å². The third-order valence-electron chi connectivity index (χ3n) is 4.28. The average molecular weight is 444 g/mol. The van der Waals surface area contributed by atoms with Crippen molar-refractivity contribution in [3.05, 3.63) is 60.0 Å². The number of thioether (sulfide) groups is 1. The van der Waals surface area contributed by atoms with Gasteiger partial charge in [0.15, 0.2) is 16.7 Å². The number of nitrogens with one attached hydrogen (secondary N) is 2. The molecule has 1 aromatic carbocycles. The van der Waals surface area contributed by atoms with Crippen molar-refractivity contribution in [3.63, 3.8) is 0 Å². The van der Waals surface area contributed by atoms with Crippen LogP contribution in [0.5, 0.6) is 5.75 Å². The normalized spacial score (nSPS) is 12.0. The second-order valence-electron chi connectivity index (χ2n) is 6.31. The molecule has 9 heteroatoms. The van der Waals surface area contributed by atoms with Gasteiger partial charge < -0.3 is 23.9 Å². The van der Waals surface area contributed by atoms with E-state index in [4.69, 9.17) is 25.2 Å². The molecule has 0 fully saturated rings. The molecule has 0 saturated heterocycles. The van der Waals surface area contributed by atoms with Crippen molar-refractivity contribution in [2.24, 2.45) is 0 Å². The van der Waals surface area contributed by atoms with E-state index in [0.29, 0.717) is 44.5 Å².